The molecule has 0 saturated heterocycles. The Bertz CT molecular complexity index is 1070. The van der Waals surface area contributed by atoms with Gasteiger partial charge < -0.3 is 10.1 Å². The van der Waals surface area contributed by atoms with Crippen molar-refractivity contribution in [2.45, 2.75) is 4.90 Å². The summed E-state index contributed by atoms with van der Waals surface area (Å²) in [4.78, 5) is 12.2. The quantitative estimate of drug-likeness (QED) is 0.474. The van der Waals surface area contributed by atoms with E-state index in [1.54, 1.807) is 54.6 Å². The zero-order chi connectivity index (χ0) is 20.9. The van der Waals surface area contributed by atoms with Crippen LogP contribution < -0.4 is 14.4 Å². The Labute approximate surface area is 183 Å². The lowest BCUT2D eigenvalue weighted by atomic mass is 10.3. The molecule has 0 saturated carbocycles. The first-order chi connectivity index (χ1) is 13.9. The van der Waals surface area contributed by atoms with Gasteiger partial charge in [0.2, 0.25) is 0 Å². The van der Waals surface area contributed by atoms with E-state index < -0.39 is 10.0 Å². The molecule has 8 heteroatoms. The monoisotopic (exact) mass is 522 g/mol. The lowest BCUT2D eigenvalue weighted by Crippen LogP contribution is -2.26. The molecule has 0 aliphatic heterocycles. The number of benzene rings is 3. The van der Waals surface area contributed by atoms with E-state index in [1.165, 1.54) is 11.4 Å². The maximum atomic E-state index is 12.7. The average Bonchev–Trinajstić information content (AvgIpc) is 2.74. The summed E-state index contributed by atoms with van der Waals surface area (Å²) in [6.07, 6.45) is 0. The Balaban J connectivity index is 1.60. The van der Waals surface area contributed by atoms with Crippen LogP contribution in [0.25, 0.3) is 0 Å². The number of carbonyl (C=O) groups is 1. The Hall–Kier alpha value is -2.59. The summed E-state index contributed by atoms with van der Waals surface area (Å²) in [5.74, 6) is 0.191. The molecule has 0 aliphatic rings. The maximum Gasteiger partial charge on any atom is 0.264 e. The minimum absolute atomic E-state index is 0.149. The molecule has 0 spiro atoms. The van der Waals surface area contributed by atoms with Crippen molar-refractivity contribution in [3.63, 3.8) is 0 Å². The third-order valence-electron chi connectivity index (χ3n) is 4.10. The van der Waals surface area contributed by atoms with Crippen LogP contribution in [0.4, 0.5) is 11.4 Å². The lowest BCUT2D eigenvalue weighted by Gasteiger charge is -2.19. The second-order valence-corrected chi connectivity index (χ2v) is 9.34. The Kier molecular flexibility index (Phi) is 6.75. The highest BCUT2D eigenvalue weighted by Crippen LogP contribution is 2.24. The van der Waals surface area contributed by atoms with Gasteiger partial charge in [0.25, 0.3) is 15.9 Å². The molecule has 29 heavy (non-hydrogen) atoms. The highest BCUT2D eigenvalue weighted by atomic mass is 127. The number of hydrogen-bond donors (Lipinski definition) is 1. The van der Waals surface area contributed by atoms with Gasteiger partial charge in [-0.2, -0.15) is 0 Å². The molecule has 6 nitrogen and oxygen atoms in total. The fraction of sp³-hybridized carbons (Fsp3) is 0.0952. The van der Waals surface area contributed by atoms with Crippen molar-refractivity contribution in [2.24, 2.45) is 0 Å². The minimum atomic E-state index is -3.64. The van der Waals surface area contributed by atoms with E-state index in [0.717, 1.165) is 3.57 Å². The van der Waals surface area contributed by atoms with Crippen LogP contribution in [0.15, 0.2) is 83.8 Å². The number of carbonyl (C=O) groups excluding carboxylic acids is 1. The normalized spacial score (nSPS) is 11.0. The minimum Gasteiger partial charge on any atom is -0.484 e. The number of halogens is 1. The summed E-state index contributed by atoms with van der Waals surface area (Å²) in [6, 6.07) is 22.2. The van der Waals surface area contributed by atoms with Gasteiger partial charge in [-0.1, -0.05) is 18.2 Å². The molecule has 0 aromatic heterocycles. The van der Waals surface area contributed by atoms with Crippen molar-refractivity contribution < 1.29 is 17.9 Å². The van der Waals surface area contributed by atoms with Crippen LogP contribution in [-0.2, 0) is 14.8 Å². The number of ether oxygens (including phenoxy) is 1. The molecule has 1 amide bonds. The van der Waals surface area contributed by atoms with Crippen LogP contribution in [-0.4, -0.2) is 28.0 Å². The molecular weight excluding hydrogens is 503 g/mol. The van der Waals surface area contributed by atoms with E-state index >= 15 is 0 Å². The Morgan fingerprint density at radius 1 is 0.966 bits per heavy atom. The summed E-state index contributed by atoms with van der Waals surface area (Å²) < 4.78 is 33.1. The summed E-state index contributed by atoms with van der Waals surface area (Å²) in [5, 5.41) is 2.75. The standard InChI is InChI=1S/C21H19IN2O4S/c1-24(29(26,27)20-5-3-2-4-6-20)18-11-13-19(14-12-18)28-15-21(25)23-17-9-7-16(22)8-10-17/h2-14H,15H2,1H3,(H,23,25). The number of nitrogens with one attached hydrogen (secondary N) is 1. The van der Waals surface area contributed by atoms with Crippen molar-refractivity contribution in [2.75, 3.05) is 23.3 Å². The van der Waals surface area contributed by atoms with Crippen molar-refractivity contribution in [3.05, 3.63) is 82.4 Å². The van der Waals surface area contributed by atoms with Crippen LogP contribution in [0, 0.1) is 3.57 Å². The maximum absolute atomic E-state index is 12.7. The van der Waals surface area contributed by atoms with Gasteiger partial charge in [-0.3, -0.25) is 9.10 Å². The van der Waals surface area contributed by atoms with Crippen LogP contribution in [0.3, 0.4) is 0 Å². The molecule has 0 fully saturated rings. The number of anilines is 2. The van der Waals surface area contributed by atoms with Gasteiger partial charge in [-0.15, -0.1) is 0 Å². The van der Waals surface area contributed by atoms with Crippen LogP contribution in [0.2, 0.25) is 0 Å². The number of amides is 1. The fourth-order valence-corrected chi connectivity index (χ4v) is 4.10. The van der Waals surface area contributed by atoms with Gasteiger partial charge >= 0.3 is 0 Å². The first-order valence-electron chi connectivity index (χ1n) is 8.68. The number of sulfonamides is 1. The SMILES string of the molecule is CN(c1ccc(OCC(=O)Nc2ccc(I)cc2)cc1)S(=O)(=O)c1ccccc1. The van der Waals surface area contributed by atoms with E-state index in [9.17, 15) is 13.2 Å². The summed E-state index contributed by atoms with van der Waals surface area (Å²) in [6.45, 7) is -0.149. The second-order valence-electron chi connectivity index (χ2n) is 6.12. The predicted octanol–water partition coefficient (Wildman–Crippen LogP) is 4.13. The molecule has 150 valence electrons. The third kappa shape index (κ3) is 5.48. The highest BCUT2D eigenvalue weighted by molar-refractivity contribution is 14.1. The first kappa shape index (κ1) is 21.1. The fourth-order valence-electron chi connectivity index (χ4n) is 2.52. The zero-order valence-electron chi connectivity index (χ0n) is 15.6. The second kappa shape index (κ2) is 9.27. The molecule has 0 aliphatic carbocycles. The van der Waals surface area contributed by atoms with Gasteiger partial charge in [0.05, 0.1) is 10.6 Å². The molecular formula is C21H19IN2O4S. The van der Waals surface area contributed by atoms with Gasteiger partial charge in [0.15, 0.2) is 6.61 Å². The van der Waals surface area contributed by atoms with Crippen molar-refractivity contribution in [1.82, 2.24) is 0 Å². The first-order valence-corrected chi connectivity index (χ1v) is 11.2. The molecule has 0 atom stereocenters. The van der Waals surface area contributed by atoms with E-state index in [-0.39, 0.29) is 17.4 Å². The smallest absolute Gasteiger partial charge is 0.264 e. The summed E-state index contributed by atoms with van der Waals surface area (Å²) >= 11 is 2.19. The largest absolute Gasteiger partial charge is 0.484 e. The Morgan fingerprint density at radius 3 is 2.21 bits per heavy atom. The summed E-state index contributed by atoms with van der Waals surface area (Å²) in [5.41, 5.74) is 1.19. The Morgan fingerprint density at radius 2 is 1.59 bits per heavy atom. The van der Waals surface area contributed by atoms with Gasteiger partial charge in [0.1, 0.15) is 5.75 Å². The molecule has 3 aromatic rings. The molecule has 1 N–H and O–H groups in total. The van der Waals surface area contributed by atoms with E-state index in [2.05, 4.69) is 27.9 Å². The number of nitrogens with zero attached hydrogens (tertiary/aromatic N) is 1. The van der Waals surface area contributed by atoms with Crippen LogP contribution >= 0.6 is 22.6 Å². The van der Waals surface area contributed by atoms with Crippen LogP contribution in [0.5, 0.6) is 5.75 Å². The molecule has 3 rings (SSSR count). The molecule has 0 heterocycles. The van der Waals surface area contributed by atoms with E-state index in [0.29, 0.717) is 17.1 Å². The molecule has 0 unspecified atom stereocenters. The third-order valence-corrected chi connectivity index (χ3v) is 6.62. The number of rotatable bonds is 7. The topological polar surface area (TPSA) is 75.7 Å². The average molecular weight is 522 g/mol. The molecule has 0 radical (unpaired) electrons. The van der Waals surface area contributed by atoms with E-state index in [1.807, 2.05) is 24.3 Å². The van der Waals surface area contributed by atoms with Gasteiger partial charge in [0, 0.05) is 16.3 Å². The zero-order valence-corrected chi connectivity index (χ0v) is 18.6. The predicted molar refractivity (Wildman–Crippen MR) is 122 cm³/mol. The summed E-state index contributed by atoms with van der Waals surface area (Å²) in [7, 11) is -2.15. The van der Waals surface area contributed by atoms with E-state index in [4.69, 9.17) is 4.74 Å². The van der Waals surface area contributed by atoms with Crippen LogP contribution in [0.1, 0.15) is 0 Å². The van der Waals surface area contributed by atoms with Gasteiger partial charge in [-0.05, 0) is 83.3 Å². The van der Waals surface area contributed by atoms with Crippen molar-refractivity contribution in [1.29, 1.82) is 0 Å². The lowest BCUT2D eigenvalue weighted by molar-refractivity contribution is -0.118. The number of hydrogen-bond acceptors (Lipinski definition) is 4. The highest BCUT2D eigenvalue weighted by Gasteiger charge is 2.20. The van der Waals surface area contributed by atoms with Gasteiger partial charge in [-0.25, -0.2) is 8.42 Å². The van der Waals surface area contributed by atoms with Crippen molar-refractivity contribution in [3.8, 4) is 5.75 Å². The molecule has 0 bridgehead atoms. The molecule has 3 aromatic carbocycles. The van der Waals surface area contributed by atoms with Crippen molar-refractivity contribution >= 4 is 49.9 Å².